The Hall–Kier alpha value is -2.92. The van der Waals surface area contributed by atoms with E-state index in [0.29, 0.717) is 41.2 Å². The molecule has 1 amide bonds. The number of carbonyl (C=O) groups excluding carboxylic acids is 2. The van der Waals surface area contributed by atoms with Crippen LogP contribution in [0.25, 0.3) is 0 Å². The number of carboxylic acids is 1. The van der Waals surface area contributed by atoms with E-state index in [1.165, 1.54) is 17.0 Å². The van der Waals surface area contributed by atoms with E-state index < -0.39 is 5.97 Å². The fourth-order valence-electron chi connectivity index (χ4n) is 4.09. The number of aromatic carboxylic acids is 1. The minimum absolute atomic E-state index is 0.0260. The van der Waals surface area contributed by atoms with Gasteiger partial charge in [0, 0.05) is 40.7 Å². The summed E-state index contributed by atoms with van der Waals surface area (Å²) in [4.78, 5) is 38.8. The fraction of sp³-hybridized carbons (Fsp3) is 0.227. The quantitative estimate of drug-likeness (QED) is 0.826. The molecule has 1 heterocycles. The van der Waals surface area contributed by atoms with Crippen molar-refractivity contribution in [3.05, 3.63) is 76.0 Å². The van der Waals surface area contributed by atoms with Gasteiger partial charge >= 0.3 is 5.97 Å². The highest BCUT2D eigenvalue weighted by Gasteiger charge is 2.40. The summed E-state index contributed by atoms with van der Waals surface area (Å²) in [7, 11) is 0. The average molecular weight is 396 g/mol. The molecule has 0 spiro atoms. The van der Waals surface area contributed by atoms with Crippen LogP contribution in [0.4, 0.5) is 5.69 Å². The zero-order valence-electron chi connectivity index (χ0n) is 15.0. The zero-order valence-corrected chi connectivity index (χ0v) is 15.8. The molecule has 1 unspecified atom stereocenters. The normalized spacial score (nSPS) is 19.6. The first-order valence-electron chi connectivity index (χ1n) is 9.14. The van der Waals surface area contributed by atoms with Crippen LogP contribution >= 0.6 is 11.6 Å². The average Bonchev–Trinajstić information content (AvgIpc) is 2.68. The molecule has 2 aromatic rings. The molecule has 4 rings (SSSR count). The lowest BCUT2D eigenvalue weighted by atomic mass is 9.77. The van der Waals surface area contributed by atoms with Gasteiger partial charge in [-0.1, -0.05) is 35.9 Å². The highest BCUT2D eigenvalue weighted by Crippen LogP contribution is 2.44. The first-order valence-corrected chi connectivity index (χ1v) is 9.52. The van der Waals surface area contributed by atoms with Crippen molar-refractivity contribution in [2.45, 2.75) is 31.6 Å². The van der Waals surface area contributed by atoms with Crippen LogP contribution in [-0.2, 0) is 9.59 Å². The van der Waals surface area contributed by atoms with Gasteiger partial charge in [0.15, 0.2) is 5.78 Å². The van der Waals surface area contributed by atoms with Gasteiger partial charge in [-0.2, -0.15) is 0 Å². The maximum atomic E-state index is 13.1. The van der Waals surface area contributed by atoms with Gasteiger partial charge < -0.3 is 5.11 Å². The topological polar surface area (TPSA) is 74.7 Å². The van der Waals surface area contributed by atoms with Crippen molar-refractivity contribution in [2.24, 2.45) is 0 Å². The summed E-state index contributed by atoms with van der Waals surface area (Å²) in [5.41, 5.74) is 2.64. The number of hydrogen-bond acceptors (Lipinski definition) is 3. The summed E-state index contributed by atoms with van der Waals surface area (Å²) in [6.45, 7) is 0. The number of nitrogens with zero attached hydrogens (tertiary/aromatic N) is 1. The third kappa shape index (κ3) is 3.12. The molecule has 2 aliphatic rings. The van der Waals surface area contributed by atoms with Crippen molar-refractivity contribution in [3.63, 3.8) is 0 Å². The van der Waals surface area contributed by atoms with Crippen LogP contribution in [0.2, 0.25) is 5.02 Å². The van der Waals surface area contributed by atoms with Crippen LogP contribution in [0.1, 0.15) is 47.5 Å². The number of halogens is 1. The summed E-state index contributed by atoms with van der Waals surface area (Å²) < 4.78 is 0. The number of ketones is 1. The molecule has 1 atom stereocenters. The van der Waals surface area contributed by atoms with E-state index in [1.54, 1.807) is 18.2 Å². The summed E-state index contributed by atoms with van der Waals surface area (Å²) in [6.07, 6.45) is 1.81. The van der Waals surface area contributed by atoms with E-state index >= 15 is 0 Å². The van der Waals surface area contributed by atoms with E-state index in [1.807, 2.05) is 18.2 Å². The van der Waals surface area contributed by atoms with Crippen molar-refractivity contribution in [2.75, 3.05) is 4.90 Å². The summed E-state index contributed by atoms with van der Waals surface area (Å²) >= 11 is 6.37. The smallest absolute Gasteiger partial charge is 0.335 e. The van der Waals surface area contributed by atoms with Crippen LogP contribution in [0, 0.1) is 0 Å². The Kier molecular flexibility index (Phi) is 4.77. The third-order valence-electron chi connectivity index (χ3n) is 5.31. The Morgan fingerprint density at radius 1 is 1.07 bits per heavy atom. The number of carbonyl (C=O) groups is 3. The molecule has 0 radical (unpaired) electrons. The van der Waals surface area contributed by atoms with Crippen molar-refractivity contribution >= 4 is 34.9 Å². The minimum Gasteiger partial charge on any atom is -0.478 e. The molecule has 2 aromatic carbocycles. The summed E-state index contributed by atoms with van der Waals surface area (Å²) in [5.74, 6) is -1.57. The first-order chi connectivity index (χ1) is 13.5. The molecule has 0 aromatic heterocycles. The Balaban J connectivity index is 1.88. The van der Waals surface area contributed by atoms with Crippen LogP contribution in [0.5, 0.6) is 0 Å². The molecule has 6 heteroatoms. The van der Waals surface area contributed by atoms with Gasteiger partial charge in [-0.25, -0.2) is 4.79 Å². The molecular formula is C22H18ClNO4. The van der Waals surface area contributed by atoms with Crippen molar-refractivity contribution in [1.29, 1.82) is 0 Å². The molecule has 0 saturated carbocycles. The largest absolute Gasteiger partial charge is 0.478 e. The zero-order chi connectivity index (χ0) is 19.8. The van der Waals surface area contributed by atoms with Gasteiger partial charge in [-0.15, -0.1) is 0 Å². The molecular weight excluding hydrogens is 378 g/mol. The molecule has 1 aliphatic heterocycles. The van der Waals surface area contributed by atoms with Gasteiger partial charge in [-0.3, -0.25) is 14.5 Å². The van der Waals surface area contributed by atoms with Gasteiger partial charge in [0.05, 0.1) is 5.56 Å². The van der Waals surface area contributed by atoms with Gasteiger partial charge in [0.1, 0.15) is 0 Å². The van der Waals surface area contributed by atoms with Crippen molar-refractivity contribution in [1.82, 2.24) is 0 Å². The second-order valence-corrected chi connectivity index (χ2v) is 7.41. The predicted octanol–water partition coefficient (Wildman–Crippen LogP) is 4.57. The number of Topliss-reactive ketones (excluding diaryl/α,β-unsaturated/α-hetero) is 1. The van der Waals surface area contributed by atoms with Crippen molar-refractivity contribution < 1.29 is 19.5 Å². The molecule has 0 saturated heterocycles. The Bertz CT molecular complexity index is 1030. The monoisotopic (exact) mass is 395 g/mol. The van der Waals surface area contributed by atoms with E-state index in [2.05, 4.69) is 0 Å². The molecule has 1 aliphatic carbocycles. The van der Waals surface area contributed by atoms with Gasteiger partial charge in [0.25, 0.3) is 0 Å². The lowest BCUT2D eigenvalue weighted by molar-refractivity contribution is -0.119. The van der Waals surface area contributed by atoms with Crippen LogP contribution in [0.15, 0.2) is 59.8 Å². The number of amides is 1. The Morgan fingerprint density at radius 3 is 2.61 bits per heavy atom. The Morgan fingerprint density at radius 2 is 1.86 bits per heavy atom. The summed E-state index contributed by atoms with van der Waals surface area (Å²) in [6, 6.07) is 13.5. The van der Waals surface area contributed by atoms with Crippen LogP contribution < -0.4 is 4.90 Å². The molecule has 5 nitrogen and oxygen atoms in total. The minimum atomic E-state index is -1.06. The number of hydrogen-bond donors (Lipinski definition) is 1. The van der Waals surface area contributed by atoms with E-state index in [4.69, 9.17) is 11.6 Å². The Labute approximate surface area is 167 Å². The summed E-state index contributed by atoms with van der Waals surface area (Å²) in [5, 5.41) is 9.82. The van der Waals surface area contributed by atoms with Gasteiger partial charge in [0.2, 0.25) is 5.91 Å². The van der Waals surface area contributed by atoms with E-state index in [0.717, 1.165) is 5.56 Å². The molecule has 0 fully saturated rings. The van der Waals surface area contributed by atoms with E-state index in [-0.39, 0.29) is 29.6 Å². The van der Waals surface area contributed by atoms with Crippen molar-refractivity contribution in [3.8, 4) is 0 Å². The predicted molar refractivity (Wildman–Crippen MR) is 106 cm³/mol. The van der Waals surface area contributed by atoms with E-state index in [9.17, 15) is 19.5 Å². The molecule has 0 bridgehead atoms. The fourth-order valence-corrected chi connectivity index (χ4v) is 4.36. The maximum Gasteiger partial charge on any atom is 0.335 e. The lowest BCUT2D eigenvalue weighted by Crippen LogP contribution is -2.40. The number of anilines is 1. The lowest BCUT2D eigenvalue weighted by Gasteiger charge is -2.38. The second kappa shape index (κ2) is 7.24. The molecule has 1 N–H and O–H groups in total. The maximum absolute atomic E-state index is 13.1. The number of carboxylic acid groups (broad SMARTS) is 1. The van der Waals surface area contributed by atoms with Crippen LogP contribution in [0.3, 0.4) is 0 Å². The molecule has 142 valence electrons. The third-order valence-corrected chi connectivity index (χ3v) is 5.65. The SMILES string of the molecule is O=C1CCCC2=C1C(c1ccccc1Cl)CC(=O)N2c1cccc(C(=O)O)c1. The molecule has 28 heavy (non-hydrogen) atoms. The first kappa shape index (κ1) is 18.4. The van der Waals surface area contributed by atoms with Gasteiger partial charge in [-0.05, 0) is 42.7 Å². The van der Waals surface area contributed by atoms with Crippen LogP contribution in [-0.4, -0.2) is 22.8 Å². The second-order valence-electron chi connectivity index (χ2n) is 7.00. The highest BCUT2D eigenvalue weighted by molar-refractivity contribution is 6.31. The number of benzene rings is 2. The number of allylic oxidation sites excluding steroid dienone is 2. The standard InChI is InChI=1S/C22H18ClNO4/c23-17-8-2-1-7-15(17)16-12-20(26)24(18-9-4-10-19(25)21(16)18)14-6-3-5-13(11-14)22(27)28/h1-3,5-8,11,16H,4,9-10,12H2,(H,27,28). The number of rotatable bonds is 3. The highest BCUT2D eigenvalue weighted by atomic mass is 35.5.